The van der Waals surface area contributed by atoms with E-state index in [0.717, 1.165) is 17.1 Å². The largest absolute Gasteiger partial charge is 0.472 e. The summed E-state index contributed by atoms with van der Waals surface area (Å²) in [5.74, 6) is 0.0244. The maximum atomic E-state index is 11.5. The first-order valence-corrected chi connectivity index (χ1v) is 4.45. The van der Waals surface area contributed by atoms with Crippen LogP contribution in [-0.2, 0) is 6.42 Å². The highest BCUT2D eigenvalue weighted by Gasteiger charge is 2.09. The Morgan fingerprint density at radius 1 is 1.62 bits per heavy atom. The predicted octanol–water partition coefficient (Wildman–Crippen LogP) is 1.56. The molecule has 0 amide bonds. The van der Waals surface area contributed by atoms with Gasteiger partial charge in [-0.1, -0.05) is 4.49 Å². The second kappa shape index (κ2) is 3.49. The van der Waals surface area contributed by atoms with Gasteiger partial charge in [0.05, 0.1) is 18.7 Å². The number of carbonyl (C=O) groups excluding carboxylic acids is 1. The van der Waals surface area contributed by atoms with Gasteiger partial charge in [0.1, 0.15) is 4.88 Å². The first-order valence-electron chi connectivity index (χ1n) is 3.68. The number of hydrogen-bond acceptors (Lipinski definition) is 5. The van der Waals surface area contributed by atoms with E-state index >= 15 is 0 Å². The monoisotopic (exact) mass is 194 g/mol. The van der Waals surface area contributed by atoms with E-state index in [1.165, 1.54) is 6.20 Å². The van der Waals surface area contributed by atoms with Crippen LogP contribution in [0.5, 0.6) is 0 Å². The topological polar surface area (TPSA) is 56.0 Å². The van der Waals surface area contributed by atoms with E-state index in [4.69, 9.17) is 4.42 Å². The lowest BCUT2D eigenvalue weighted by Crippen LogP contribution is -1.99. The Morgan fingerprint density at radius 3 is 3.15 bits per heavy atom. The minimum atomic E-state index is 0.0244. The quantitative estimate of drug-likeness (QED) is 0.696. The molecule has 0 fully saturated rings. The van der Waals surface area contributed by atoms with Crippen molar-refractivity contribution in [1.82, 2.24) is 9.59 Å². The van der Waals surface area contributed by atoms with E-state index in [-0.39, 0.29) is 5.78 Å². The van der Waals surface area contributed by atoms with Gasteiger partial charge >= 0.3 is 0 Å². The zero-order chi connectivity index (χ0) is 9.10. The highest BCUT2D eigenvalue weighted by molar-refractivity contribution is 7.07. The molecule has 0 aliphatic carbocycles. The number of aromatic nitrogens is 2. The van der Waals surface area contributed by atoms with Crippen molar-refractivity contribution in [3.8, 4) is 0 Å². The van der Waals surface area contributed by atoms with Gasteiger partial charge in [0.15, 0.2) is 5.78 Å². The van der Waals surface area contributed by atoms with Crippen LogP contribution in [0.3, 0.4) is 0 Å². The zero-order valence-electron chi connectivity index (χ0n) is 6.64. The van der Waals surface area contributed by atoms with Gasteiger partial charge in [-0.3, -0.25) is 4.79 Å². The van der Waals surface area contributed by atoms with Crippen LogP contribution < -0.4 is 0 Å². The van der Waals surface area contributed by atoms with Crippen LogP contribution in [0, 0.1) is 0 Å². The zero-order valence-corrected chi connectivity index (χ0v) is 7.45. The molecule has 0 atom stereocenters. The van der Waals surface area contributed by atoms with E-state index in [1.807, 2.05) is 0 Å². The summed E-state index contributed by atoms with van der Waals surface area (Å²) < 4.78 is 8.47. The predicted molar refractivity (Wildman–Crippen MR) is 46.7 cm³/mol. The Bertz CT molecular complexity index is 380. The smallest absolute Gasteiger partial charge is 0.180 e. The summed E-state index contributed by atoms with van der Waals surface area (Å²) >= 11 is 1.11. The van der Waals surface area contributed by atoms with E-state index in [2.05, 4.69) is 9.59 Å². The number of nitrogens with zero attached hydrogens (tertiary/aromatic N) is 2. The Kier molecular flexibility index (Phi) is 2.18. The first kappa shape index (κ1) is 8.12. The maximum absolute atomic E-state index is 11.5. The van der Waals surface area contributed by atoms with Crippen molar-refractivity contribution < 1.29 is 9.21 Å². The lowest BCUT2D eigenvalue weighted by atomic mass is 10.1. The Hall–Kier alpha value is -1.49. The molecule has 2 aromatic heterocycles. The molecule has 0 aliphatic heterocycles. The summed E-state index contributed by atoms with van der Waals surface area (Å²) in [6.07, 6.45) is 4.94. The maximum Gasteiger partial charge on any atom is 0.180 e. The van der Waals surface area contributed by atoms with E-state index < -0.39 is 0 Å². The van der Waals surface area contributed by atoms with Crippen molar-refractivity contribution in [1.29, 1.82) is 0 Å². The Balaban J connectivity index is 2.08. The van der Waals surface area contributed by atoms with Gasteiger partial charge in [-0.25, -0.2) is 0 Å². The molecule has 2 aromatic rings. The van der Waals surface area contributed by atoms with E-state index in [9.17, 15) is 4.79 Å². The fourth-order valence-electron chi connectivity index (χ4n) is 0.956. The Labute approximate surface area is 78.4 Å². The summed E-state index contributed by atoms with van der Waals surface area (Å²) in [5.41, 5.74) is 0.874. The minimum absolute atomic E-state index is 0.0244. The van der Waals surface area contributed by atoms with Crippen LogP contribution in [0.15, 0.2) is 29.2 Å². The highest BCUT2D eigenvalue weighted by atomic mass is 32.1. The van der Waals surface area contributed by atoms with Crippen molar-refractivity contribution >= 4 is 17.3 Å². The van der Waals surface area contributed by atoms with Gasteiger partial charge in [-0.05, 0) is 23.2 Å². The molecule has 0 unspecified atom stereocenters. The third kappa shape index (κ3) is 1.81. The molecule has 66 valence electrons. The Morgan fingerprint density at radius 2 is 2.54 bits per heavy atom. The standard InChI is InChI=1S/C8H6N2O2S/c11-7(8-4-9-10-13-8)3-6-1-2-12-5-6/h1-2,4-5H,3H2. The lowest BCUT2D eigenvalue weighted by Gasteiger charge is -1.91. The summed E-state index contributed by atoms with van der Waals surface area (Å²) in [5, 5.41) is 3.60. The van der Waals surface area contributed by atoms with Crippen molar-refractivity contribution in [2.45, 2.75) is 6.42 Å². The van der Waals surface area contributed by atoms with Crippen molar-refractivity contribution in [3.05, 3.63) is 35.2 Å². The van der Waals surface area contributed by atoms with Crippen LogP contribution in [0.4, 0.5) is 0 Å². The van der Waals surface area contributed by atoms with Gasteiger partial charge in [-0.15, -0.1) is 5.10 Å². The summed E-state index contributed by atoms with van der Waals surface area (Å²) in [6.45, 7) is 0. The van der Waals surface area contributed by atoms with Gasteiger partial charge in [0, 0.05) is 6.42 Å². The molecule has 2 heterocycles. The number of carbonyl (C=O) groups is 1. The molecule has 0 saturated carbocycles. The van der Waals surface area contributed by atoms with Crippen LogP contribution in [-0.4, -0.2) is 15.4 Å². The molecule has 4 nitrogen and oxygen atoms in total. The first-order chi connectivity index (χ1) is 6.36. The minimum Gasteiger partial charge on any atom is -0.472 e. The second-order valence-electron chi connectivity index (χ2n) is 2.51. The molecular formula is C8H6N2O2S. The molecule has 0 N–H and O–H groups in total. The fraction of sp³-hybridized carbons (Fsp3) is 0.125. The normalized spacial score (nSPS) is 10.2. The van der Waals surface area contributed by atoms with Crippen molar-refractivity contribution in [3.63, 3.8) is 0 Å². The van der Waals surface area contributed by atoms with Gasteiger partial charge < -0.3 is 4.42 Å². The average Bonchev–Trinajstić information content (AvgIpc) is 2.74. The van der Waals surface area contributed by atoms with Crippen LogP contribution in [0.2, 0.25) is 0 Å². The van der Waals surface area contributed by atoms with E-state index in [1.54, 1.807) is 18.6 Å². The van der Waals surface area contributed by atoms with Crippen LogP contribution >= 0.6 is 11.5 Å². The summed E-state index contributed by atoms with van der Waals surface area (Å²) in [4.78, 5) is 12.0. The summed E-state index contributed by atoms with van der Waals surface area (Å²) in [6, 6.07) is 1.77. The molecule has 2 rings (SSSR count). The van der Waals surface area contributed by atoms with E-state index in [0.29, 0.717) is 11.3 Å². The fourth-order valence-corrected chi connectivity index (χ4v) is 1.41. The second-order valence-corrected chi connectivity index (χ2v) is 3.30. The molecule has 13 heavy (non-hydrogen) atoms. The number of ketones is 1. The molecule has 0 spiro atoms. The SMILES string of the molecule is O=C(Cc1ccoc1)c1cnns1. The van der Waals surface area contributed by atoms with Crippen molar-refractivity contribution in [2.75, 3.05) is 0 Å². The average molecular weight is 194 g/mol. The molecular weight excluding hydrogens is 188 g/mol. The van der Waals surface area contributed by atoms with Crippen LogP contribution in [0.1, 0.15) is 15.2 Å². The van der Waals surface area contributed by atoms with Gasteiger partial charge in [0.25, 0.3) is 0 Å². The molecule has 5 heteroatoms. The molecule has 0 aliphatic rings. The number of furan rings is 1. The third-order valence-electron chi connectivity index (χ3n) is 1.58. The van der Waals surface area contributed by atoms with Gasteiger partial charge in [0.2, 0.25) is 0 Å². The highest BCUT2D eigenvalue weighted by Crippen LogP contribution is 2.09. The third-order valence-corrected chi connectivity index (χ3v) is 2.29. The van der Waals surface area contributed by atoms with Crippen molar-refractivity contribution in [2.24, 2.45) is 0 Å². The van der Waals surface area contributed by atoms with Crippen LogP contribution in [0.25, 0.3) is 0 Å². The molecule has 0 radical (unpaired) electrons. The molecule has 0 aromatic carbocycles. The summed E-state index contributed by atoms with van der Waals surface area (Å²) in [7, 11) is 0. The number of rotatable bonds is 3. The van der Waals surface area contributed by atoms with Gasteiger partial charge in [-0.2, -0.15) is 0 Å². The molecule has 0 saturated heterocycles. The number of Topliss-reactive ketones (excluding diaryl/α,β-unsaturated/α-hetero) is 1. The number of hydrogen-bond donors (Lipinski definition) is 0. The lowest BCUT2D eigenvalue weighted by molar-refractivity contribution is 0.0996. The molecule has 0 bridgehead atoms.